The summed E-state index contributed by atoms with van der Waals surface area (Å²) in [5.41, 5.74) is 6.58. The zero-order valence-corrected chi connectivity index (χ0v) is 12.1. The van der Waals surface area contributed by atoms with E-state index < -0.39 is 17.6 Å². The van der Waals surface area contributed by atoms with Crippen molar-refractivity contribution >= 4 is 5.78 Å². The zero-order valence-electron chi connectivity index (χ0n) is 12.1. The van der Waals surface area contributed by atoms with Crippen LogP contribution < -0.4 is 10.5 Å². The summed E-state index contributed by atoms with van der Waals surface area (Å²) >= 11 is 0. The van der Waals surface area contributed by atoms with Crippen molar-refractivity contribution in [1.82, 2.24) is 0 Å². The van der Waals surface area contributed by atoms with Crippen molar-refractivity contribution < 1.29 is 18.2 Å². The number of carbonyl (C=O) groups is 1. The molecule has 2 N–H and O–H groups in total. The van der Waals surface area contributed by atoms with Gasteiger partial charge in [-0.2, -0.15) is 0 Å². The molecule has 3 nitrogen and oxygen atoms in total. The highest BCUT2D eigenvalue weighted by atomic mass is 19.1. The fourth-order valence-electron chi connectivity index (χ4n) is 2.20. The Morgan fingerprint density at radius 2 is 1.95 bits per heavy atom. The summed E-state index contributed by atoms with van der Waals surface area (Å²) in [6, 6.07) is 11.3. The Labute approximate surface area is 128 Å². The first-order valence-electron chi connectivity index (χ1n) is 6.81. The Balaban J connectivity index is 0. The van der Waals surface area contributed by atoms with Crippen LogP contribution in [-0.4, -0.2) is 12.9 Å². The Kier molecular flexibility index (Phi) is 4.70. The third-order valence-electron chi connectivity index (χ3n) is 3.46. The van der Waals surface area contributed by atoms with E-state index in [2.05, 4.69) is 0 Å². The minimum Gasteiger partial charge on any atom is -0.496 e. The molecule has 1 atom stereocenters. The lowest BCUT2D eigenvalue weighted by Crippen LogP contribution is -2.15. The molecule has 0 aliphatic carbocycles. The van der Waals surface area contributed by atoms with E-state index in [1.54, 1.807) is 42.5 Å². The lowest BCUT2D eigenvalue weighted by Gasteiger charge is -2.15. The minimum atomic E-state index is -0.599. The summed E-state index contributed by atoms with van der Waals surface area (Å²) in [7, 11) is 1.41. The molecule has 2 rings (SSSR count). The van der Waals surface area contributed by atoms with Crippen LogP contribution >= 0.6 is 0 Å². The van der Waals surface area contributed by atoms with Crippen molar-refractivity contribution in [2.24, 2.45) is 5.73 Å². The van der Waals surface area contributed by atoms with Crippen LogP contribution in [0.3, 0.4) is 0 Å². The number of methoxy groups -OCH3 is 1. The molecule has 0 bridgehead atoms. The minimum absolute atomic E-state index is 0. The first-order chi connectivity index (χ1) is 10.1. The van der Waals surface area contributed by atoms with E-state index in [1.165, 1.54) is 7.11 Å². The summed E-state index contributed by atoms with van der Waals surface area (Å²) in [4.78, 5) is 12.5. The van der Waals surface area contributed by atoms with Crippen molar-refractivity contribution in [2.45, 2.75) is 19.4 Å². The lowest BCUT2D eigenvalue weighted by molar-refractivity contribution is 0.103. The van der Waals surface area contributed by atoms with Crippen LogP contribution in [0.4, 0.5) is 4.39 Å². The van der Waals surface area contributed by atoms with Gasteiger partial charge in [0.2, 0.25) is 0 Å². The molecule has 0 radical (unpaired) electrons. The van der Waals surface area contributed by atoms with Gasteiger partial charge in [0.25, 0.3) is 0 Å². The van der Waals surface area contributed by atoms with Crippen molar-refractivity contribution in [2.75, 3.05) is 7.11 Å². The molecule has 0 amide bonds. The molecule has 0 aliphatic rings. The molecule has 0 fully saturated rings. The molecule has 0 heterocycles. The topological polar surface area (TPSA) is 52.3 Å². The van der Waals surface area contributed by atoms with Gasteiger partial charge in [0.1, 0.15) is 17.1 Å². The number of hydrogen-bond donors (Lipinski definition) is 1. The molecule has 2 aromatic rings. The van der Waals surface area contributed by atoms with Crippen molar-refractivity contribution in [1.29, 1.82) is 0 Å². The van der Waals surface area contributed by atoms with E-state index in [0.717, 1.165) is 0 Å². The molecule has 0 aromatic heterocycles. The summed E-state index contributed by atoms with van der Waals surface area (Å²) in [5.74, 6) is -0.791. The van der Waals surface area contributed by atoms with Gasteiger partial charge in [-0.1, -0.05) is 43.3 Å². The summed E-state index contributed by atoms with van der Waals surface area (Å²) in [5, 5.41) is 0. The maximum atomic E-state index is 14.7. The van der Waals surface area contributed by atoms with E-state index in [-0.39, 0.29) is 15.6 Å². The van der Waals surface area contributed by atoms with Crippen molar-refractivity contribution in [3.63, 3.8) is 0 Å². The molecule has 21 heavy (non-hydrogen) atoms. The van der Waals surface area contributed by atoms with Gasteiger partial charge in [0, 0.05) is 21.4 Å². The third kappa shape index (κ3) is 2.95. The normalized spacial score (nSPS) is 12.0. The number of rotatable bonds is 5. The Bertz CT molecular complexity index is 654. The summed E-state index contributed by atoms with van der Waals surface area (Å²) < 4.78 is 19.8. The number of benzene rings is 2. The molecule has 0 spiro atoms. The van der Waals surface area contributed by atoms with Crippen LogP contribution in [0.25, 0.3) is 0 Å². The molecule has 2 aromatic carbocycles. The van der Waals surface area contributed by atoms with Crippen LogP contribution in [0.2, 0.25) is 0 Å². The van der Waals surface area contributed by atoms with Crippen LogP contribution in [0.1, 0.15) is 45.2 Å². The molecule has 0 saturated carbocycles. The summed E-state index contributed by atoms with van der Waals surface area (Å²) in [6.07, 6.45) is 0.586. The standard InChI is InChI=1S/C17H18FNO2.3H2/c1-3-13(19)12-9-10-14(21-2)15(16(12)18)17(20)11-7-5-4-6-8-11;;;/h4-10,13H,3,19H2,1-2H3;3*1H/t13-;;;/m1.../s1. The number of hydrogen-bond acceptors (Lipinski definition) is 3. The van der Waals surface area contributed by atoms with Gasteiger partial charge in [0.15, 0.2) is 5.78 Å². The number of ketones is 1. The van der Waals surface area contributed by atoms with Gasteiger partial charge in [-0.15, -0.1) is 0 Å². The molecule has 4 heteroatoms. The Hall–Kier alpha value is -2.20. The van der Waals surface area contributed by atoms with E-state index in [1.807, 2.05) is 6.92 Å². The van der Waals surface area contributed by atoms with Gasteiger partial charge >= 0.3 is 0 Å². The number of nitrogens with two attached hydrogens (primary N) is 1. The molecule has 0 aliphatic heterocycles. The highest BCUT2D eigenvalue weighted by molar-refractivity contribution is 6.11. The second-order valence-corrected chi connectivity index (χ2v) is 4.76. The fourth-order valence-corrected chi connectivity index (χ4v) is 2.20. The lowest BCUT2D eigenvalue weighted by atomic mass is 9.96. The SMILES string of the molecule is CC[C@@H](N)c1ccc(OC)c(C(=O)c2ccccc2)c1F.[HH].[HH].[HH]. The van der Waals surface area contributed by atoms with Gasteiger partial charge in [-0.05, 0) is 12.5 Å². The molecule has 0 saturated heterocycles. The largest absolute Gasteiger partial charge is 0.496 e. The second kappa shape index (κ2) is 6.50. The van der Waals surface area contributed by atoms with E-state index in [0.29, 0.717) is 17.5 Å². The Morgan fingerprint density at radius 3 is 2.52 bits per heavy atom. The van der Waals surface area contributed by atoms with Gasteiger partial charge in [0.05, 0.1) is 7.11 Å². The van der Waals surface area contributed by atoms with Crippen LogP contribution in [0.5, 0.6) is 5.75 Å². The first-order valence-corrected chi connectivity index (χ1v) is 6.81. The fraction of sp³-hybridized carbons (Fsp3) is 0.235. The van der Waals surface area contributed by atoms with E-state index in [4.69, 9.17) is 10.5 Å². The average Bonchev–Trinajstić information content (AvgIpc) is 2.54. The van der Waals surface area contributed by atoms with Gasteiger partial charge in [-0.3, -0.25) is 4.79 Å². The molecular weight excluding hydrogens is 269 g/mol. The van der Waals surface area contributed by atoms with Crippen LogP contribution in [-0.2, 0) is 0 Å². The third-order valence-corrected chi connectivity index (χ3v) is 3.46. The van der Waals surface area contributed by atoms with Crippen molar-refractivity contribution in [3.05, 3.63) is 65.0 Å². The smallest absolute Gasteiger partial charge is 0.199 e. The molecule has 0 unspecified atom stereocenters. The quantitative estimate of drug-likeness (QED) is 0.840. The maximum Gasteiger partial charge on any atom is 0.199 e. The number of carbonyl (C=O) groups excluding carboxylic acids is 1. The predicted octanol–water partition coefficient (Wildman–Crippen LogP) is 4.21. The van der Waals surface area contributed by atoms with E-state index >= 15 is 0 Å². The monoisotopic (exact) mass is 293 g/mol. The van der Waals surface area contributed by atoms with Crippen LogP contribution in [0.15, 0.2) is 42.5 Å². The highest BCUT2D eigenvalue weighted by Crippen LogP contribution is 2.30. The van der Waals surface area contributed by atoms with Crippen LogP contribution in [0, 0.1) is 5.82 Å². The number of ether oxygens (including phenoxy) is 1. The second-order valence-electron chi connectivity index (χ2n) is 4.76. The van der Waals surface area contributed by atoms with Gasteiger partial charge in [-0.25, -0.2) is 4.39 Å². The van der Waals surface area contributed by atoms with E-state index in [9.17, 15) is 9.18 Å². The molecular formula is C17H24FNO2. The van der Waals surface area contributed by atoms with Crippen molar-refractivity contribution in [3.8, 4) is 5.75 Å². The summed E-state index contributed by atoms with van der Waals surface area (Å²) in [6.45, 7) is 1.87. The van der Waals surface area contributed by atoms with Gasteiger partial charge < -0.3 is 10.5 Å². The molecule has 116 valence electrons. The average molecular weight is 293 g/mol. The maximum absolute atomic E-state index is 14.7. The zero-order chi connectivity index (χ0) is 15.4. The predicted molar refractivity (Wildman–Crippen MR) is 86.4 cm³/mol. The highest BCUT2D eigenvalue weighted by Gasteiger charge is 2.23. The first kappa shape index (κ1) is 15.2. The Morgan fingerprint density at radius 1 is 1.29 bits per heavy atom. The number of halogens is 1.